The second kappa shape index (κ2) is 7.82. The number of aromatic nitrogens is 2. The molecule has 0 unspecified atom stereocenters. The summed E-state index contributed by atoms with van der Waals surface area (Å²) < 4.78 is 5.43. The molecule has 0 spiro atoms. The van der Waals surface area contributed by atoms with Crippen molar-refractivity contribution in [3.8, 4) is 0 Å². The second-order valence-corrected chi connectivity index (χ2v) is 7.95. The van der Waals surface area contributed by atoms with E-state index in [1.54, 1.807) is 0 Å². The fraction of sp³-hybridized carbons (Fsp3) is 0.526. The van der Waals surface area contributed by atoms with E-state index in [2.05, 4.69) is 14.8 Å². The zero-order valence-corrected chi connectivity index (χ0v) is 16.7. The average Bonchev–Trinajstić information content (AvgIpc) is 3.14. The molecule has 0 bridgehead atoms. The molecule has 2 saturated heterocycles. The summed E-state index contributed by atoms with van der Waals surface area (Å²) in [5, 5.41) is 2.03. The number of aryl methyl sites for hydroxylation is 2. The lowest BCUT2D eigenvalue weighted by Crippen LogP contribution is -2.49. The monoisotopic (exact) mass is 387 g/mol. The number of thiophene rings is 1. The maximum absolute atomic E-state index is 12.6. The molecule has 2 aliphatic heterocycles. The Morgan fingerprint density at radius 3 is 2.41 bits per heavy atom. The minimum absolute atomic E-state index is 0.139. The van der Waals surface area contributed by atoms with Crippen molar-refractivity contribution in [1.82, 2.24) is 14.9 Å². The molecule has 2 aliphatic rings. The third-order valence-corrected chi connectivity index (χ3v) is 5.99. The zero-order valence-electron chi connectivity index (χ0n) is 15.8. The number of carbonyl (C=O) groups is 1. The normalized spacial score (nSPS) is 18.1. The van der Waals surface area contributed by atoms with Crippen molar-refractivity contribution in [2.75, 3.05) is 62.3 Å². The Hall–Kier alpha value is -2.19. The van der Waals surface area contributed by atoms with Crippen molar-refractivity contribution in [2.24, 2.45) is 0 Å². The van der Waals surface area contributed by atoms with Crippen LogP contribution in [-0.4, -0.2) is 73.3 Å². The molecule has 4 heterocycles. The molecule has 0 radical (unpaired) electrons. The van der Waals surface area contributed by atoms with Gasteiger partial charge in [0.1, 0.15) is 5.82 Å². The summed E-state index contributed by atoms with van der Waals surface area (Å²) >= 11 is 1.53. The summed E-state index contributed by atoms with van der Waals surface area (Å²) in [5.41, 5.74) is 2.11. The maximum Gasteiger partial charge on any atom is 0.264 e. The van der Waals surface area contributed by atoms with Gasteiger partial charge in [-0.25, -0.2) is 4.98 Å². The van der Waals surface area contributed by atoms with Crippen molar-refractivity contribution in [1.29, 1.82) is 0 Å². The summed E-state index contributed by atoms with van der Waals surface area (Å²) in [4.78, 5) is 29.2. The highest BCUT2D eigenvalue weighted by Crippen LogP contribution is 2.21. The van der Waals surface area contributed by atoms with Crippen LogP contribution in [0.1, 0.15) is 20.9 Å². The molecular weight excluding hydrogens is 362 g/mol. The molecule has 0 saturated carbocycles. The van der Waals surface area contributed by atoms with E-state index in [-0.39, 0.29) is 5.91 Å². The van der Waals surface area contributed by atoms with Crippen LogP contribution in [0.3, 0.4) is 0 Å². The quantitative estimate of drug-likeness (QED) is 0.802. The Kier molecular flexibility index (Phi) is 5.27. The number of hydrogen-bond acceptors (Lipinski definition) is 7. The average molecular weight is 388 g/mol. The van der Waals surface area contributed by atoms with Gasteiger partial charge in [0, 0.05) is 51.0 Å². The molecule has 27 heavy (non-hydrogen) atoms. The van der Waals surface area contributed by atoms with Gasteiger partial charge in [-0.2, -0.15) is 4.98 Å². The molecule has 0 aromatic carbocycles. The van der Waals surface area contributed by atoms with Crippen LogP contribution >= 0.6 is 11.3 Å². The minimum Gasteiger partial charge on any atom is -0.378 e. The molecule has 4 rings (SSSR count). The second-order valence-electron chi connectivity index (χ2n) is 7.03. The number of hydrogen-bond donors (Lipinski definition) is 0. The van der Waals surface area contributed by atoms with Gasteiger partial charge in [0.05, 0.1) is 18.1 Å². The predicted octanol–water partition coefficient (Wildman–Crippen LogP) is 1.95. The number of carbonyl (C=O) groups excluding carboxylic acids is 1. The smallest absolute Gasteiger partial charge is 0.264 e. The summed E-state index contributed by atoms with van der Waals surface area (Å²) in [6.07, 6.45) is 0. The summed E-state index contributed by atoms with van der Waals surface area (Å²) in [6.45, 7) is 10.1. The van der Waals surface area contributed by atoms with Gasteiger partial charge in [-0.05, 0) is 30.9 Å². The lowest BCUT2D eigenvalue weighted by molar-refractivity contribution is 0.0751. The molecule has 0 aliphatic carbocycles. The topological polar surface area (TPSA) is 61.8 Å². The maximum atomic E-state index is 12.6. The van der Waals surface area contributed by atoms with Gasteiger partial charge in [0.25, 0.3) is 5.91 Å². The highest BCUT2D eigenvalue weighted by atomic mass is 32.1. The van der Waals surface area contributed by atoms with Crippen LogP contribution in [-0.2, 0) is 4.74 Å². The summed E-state index contributed by atoms with van der Waals surface area (Å²) in [5.74, 6) is 1.87. The molecule has 1 amide bonds. The summed E-state index contributed by atoms with van der Waals surface area (Å²) in [6, 6.07) is 4.01. The van der Waals surface area contributed by atoms with E-state index in [9.17, 15) is 4.79 Å². The standard InChI is InChI=1S/C19H25N5O2S/c1-14-11-16(27-13-14)18(25)23-5-3-22(4-6-23)17-12-15(2)20-19(21-17)24-7-9-26-10-8-24/h11-13H,3-10H2,1-2H3. The zero-order chi connectivity index (χ0) is 18.8. The van der Waals surface area contributed by atoms with E-state index in [0.29, 0.717) is 13.1 Å². The highest BCUT2D eigenvalue weighted by Gasteiger charge is 2.25. The minimum atomic E-state index is 0.139. The van der Waals surface area contributed by atoms with E-state index in [0.717, 1.165) is 67.3 Å². The van der Waals surface area contributed by atoms with Crippen LogP contribution in [0, 0.1) is 13.8 Å². The van der Waals surface area contributed by atoms with Crippen molar-refractivity contribution >= 4 is 29.0 Å². The molecule has 2 aromatic rings. The number of piperazine rings is 1. The van der Waals surface area contributed by atoms with Crippen LogP contribution < -0.4 is 9.80 Å². The number of ether oxygens (including phenoxy) is 1. The Balaban J connectivity index is 1.43. The number of nitrogens with zero attached hydrogens (tertiary/aromatic N) is 5. The van der Waals surface area contributed by atoms with Gasteiger partial charge in [0.2, 0.25) is 5.95 Å². The lowest BCUT2D eigenvalue weighted by Gasteiger charge is -2.36. The Morgan fingerprint density at radius 1 is 1.00 bits per heavy atom. The Bertz CT molecular complexity index is 810. The van der Waals surface area contributed by atoms with Crippen molar-refractivity contribution in [3.05, 3.63) is 33.6 Å². The molecular formula is C19H25N5O2S. The lowest BCUT2D eigenvalue weighted by atomic mass is 10.2. The number of anilines is 2. The van der Waals surface area contributed by atoms with Crippen molar-refractivity contribution in [2.45, 2.75) is 13.8 Å². The fourth-order valence-corrected chi connectivity index (χ4v) is 4.31. The first kappa shape index (κ1) is 18.2. The van der Waals surface area contributed by atoms with E-state index >= 15 is 0 Å². The van der Waals surface area contributed by atoms with Crippen LogP contribution in [0.25, 0.3) is 0 Å². The number of amides is 1. The number of morpholine rings is 1. The molecule has 8 heteroatoms. The predicted molar refractivity (Wildman–Crippen MR) is 107 cm³/mol. The Morgan fingerprint density at radius 2 is 1.74 bits per heavy atom. The van der Waals surface area contributed by atoms with E-state index < -0.39 is 0 Å². The summed E-state index contributed by atoms with van der Waals surface area (Å²) in [7, 11) is 0. The largest absolute Gasteiger partial charge is 0.378 e. The van der Waals surface area contributed by atoms with E-state index in [1.807, 2.05) is 36.3 Å². The first-order chi connectivity index (χ1) is 13.1. The third-order valence-electron chi connectivity index (χ3n) is 4.96. The van der Waals surface area contributed by atoms with Crippen molar-refractivity contribution < 1.29 is 9.53 Å². The van der Waals surface area contributed by atoms with Crippen molar-refractivity contribution in [3.63, 3.8) is 0 Å². The van der Waals surface area contributed by atoms with Gasteiger partial charge >= 0.3 is 0 Å². The van der Waals surface area contributed by atoms with Crippen LogP contribution in [0.4, 0.5) is 11.8 Å². The first-order valence-corrected chi connectivity index (χ1v) is 10.3. The fourth-order valence-electron chi connectivity index (χ4n) is 3.44. The molecule has 144 valence electrons. The SMILES string of the molecule is Cc1csc(C(=O)N2CCN(c3cc(C)nc(N4CCOCC4)n3)CC2)c1. The van der Waals surface area contributed by atoms with Gasteiger partial charge in [-0.1, -0.05) is 0 Å². The molecule has 0 atom stereocenters. The van der Waals surface area contributed by atoms with Crippen LogP contribution in [0.15, 0.2) is 17.5 Å². The van der Waals surface area contributed by atoms with Gasteiger partial charge in [-0.15, -0.1) is 11.3 Å². The van der Waals surface area contributed by atoms with Crippen LogP contribution in [0.5, 0.6) is 0 Å². The molecule has 2 aromatic heterocycles. The highest BCUT2D eigenvalue weighted by molar-refractivity contribution is 7.12. The van der Waals surface area contributed by atoms with Gasteiger partial charge < -0.3 is 19.4 Å². The number of rotatable bonds is 3. The first-order valence-electron chi connectivity index (χ1n) is 9.38. The third kappa shape index (κ3) is 4.06. The van der Waals surface area contributed by atoms with E-state index in [1.165, 1.54) is 11.3 Å². The molecule has 0 N–H and O–H groups in total. The van der Waals surface area contributed by atoms with Gasteiger partial charge in [0.15, 0.2) is 0 Å². The molecule has 7 nitrogen and oxygen atoms in total. The van der Waals surface area contributed by atoms with Crippen LogP contribution in [0.2, 0.25) is 0 Å². The Labute approximate surface area is 163 Å². The van der Waals surface area contributed by atoms with Gasteiger partial charge in [-0.3, -0.25) is 4.79 Å². The van der Waals surface area contributed by atoms with E-state index in [4.69, 9.17) is 9.72 Å². The molecule has 2 fully saturated rings.